The van der Waals surface area contributed by atoms with Crippen molar-refractivity contribution in [3.8, 4) is 5.88 Å². The maximum absolute atomic E-state index is 14.6. The summed E-state index contributed by atoms with van der Waals surface area (Å²) >= 11 is 0. The topological polar surface area (TPSA) is 99.7 Å². The van der Waals surface area contributed by atoms with E-state index in [0.717, 1.165) is 30.6 Å². The van der Waals surface area contributed by atoms with Crippen LogP contribution in [0.15, 0.2) is 35.6 Å². The van der Waals surface area contributed by atoms with Crippen LogP contribution in [0.2, 0.25) is 0 Å². The summed E-state index contributed by atoms with van der Waals surface area (Å²) in [6.07, 6.45) is -7.25. The average Bonchev–Trinajstić information content (AvgIpc) is 2.74. The Morgan fingerprint density at radius 2 is 2.00 bits per heavy atom. The lowest BCUT2D eigenvalue weighted by Crippen LogP contribution is -2.48. The van der Waals surface area contributed by atoms with Crippen LogP contribution in [-0.2, 0) is 16.7 Å². The first-order valence-electron chi connectivity index (χ1n) is 9.17. The maximum atomic E-state index is 14.6. The van der Waals surface area contributed by atoms with E-state index in [1.54, 1.807) is 0 Å². The van der Waals surface area contributed by atoms with Crippen molar-refractivity contribution in [3.63, 3.8) is 0 Å². The highest BCUT2D eigenvalue weighted by Crippen LogP contribution is 2.41. The Hall–Kier alpha value is -3.45. The zero-order chi connectivity index (χ0) is 24.4. The molecule has 0 fully saturated rings. The van der Waals surface area contributed by atoms with Gasteiger partial charge in [0.1, 0.15) is 23.7 Å². The molecular weight excluding hydrogens is 465 g/mol. The van der Waals surface area contributed by atoms with Gasteiger partial charge in [-0.2, -0.15) is 22.0 Å². The monoisotopic (exact) mass is 480 g/mol. The van der Waals surface area contributed by atoms with E-state index in [4.69, 9.17) is 5.73 Å². The number of halogens is 7. The Balaban J connectivity index is 1.88. The number of aromatic nitrogens is 2. The smallest absolute Gasteiger partial charge is 0.425 e. The quantitative estimate of drug-likeness (QED) is 0.481. The summed E-state index contributed by atoms with van der Waals surface area (Å²) in [5.74, 6) is -2.26. The Labute approximate surface area is 181 Å². The maximum Gasteiger partial charge on any atom is 0.425 e. The Bertz CT molecular complexity index is 1050. The van der Waals surface area contributed by atoms with Crippen LogP contribution < -0.4 is 10.5 Å². The van der Waals surface area contributed by atoms with Gasteiger partial charge in [0.25, 0.3) is 6.02 Å². The van der Waals surface area contributed by atoms with Gasteiger partial charge in [-0.1, -0.05) is 6.07 Å². The number of aliphatic imine (C=N–C) groups is 1. The van der Waals surface area contributed by atoms with Crippen molar-refractivity contribution in [2.75, 3.05) is 6.67 Å². The third kappa shape index (κ3) is 5.49. The molecule has 0 saturated carbocycles. The summed E-state index contributed by atoms with van der Waals surface area (Å²) < 4.78 is 101. The Kier molecular flexibility index (Phi) is 6.74. The van der Waals surface area contributed by atoms with E-state index in [1.807, 2.05) is 0 Å². The number of nitrogens with two attached hydrogens (primary N) is 1. The van der Waals surface area contributed by atoms with E-state index in [0.29, 0.717) is 0 Å². The zero-order valence-electron chi connectivity index (χ0n) is 16.5. The molecule has 2 aromatic rings. The highest BCUT2D eigenvalue weighted by atomic mass is 19.4. The molecule has 14 heteroatoms. The van der Waals surface area contributed by atoms with Crippen LogP contribution in [0, 0.1) is 5.82 Å². The van der Waals surface area contributed by atoms with Crippen molar-refractivity contribution in [3.05, 3.63) is 53.2 Å². The number of Topliss-reactive ketones (excluding diaryl/α,β-unsaturated/α-hetero) is 1. The molecule has 0 radical (unpaired) electrons. The number of nitrogens with zero attached hydrogens (tertiary/aromatic N) is 3. The van der Waals surface area contributed by atoms with Crippen molar-refractivity contribution in [1.82, 2.24) is 9.97 Å². The van der Waals surface area contributed by atoms with Crippen LogP contribution in [-0.4, -0.2) is 47.3 Å². The van der Waals surface area contributed by atoms with Gasteiger partial charge in [-0.3, -0.25) is 4.79 Å². The summed E-state index contributed by atoms with van der Waals surface area (Å²) in [4.78, 5) is 23.2. The summed E-state index contributed by atoms with van der Waals surface area (Å²) in [7, 11) is 0. The third-order valence-electron chi connectivity index (χ3n) is 4.72. The van der Waals surface area contributed by atoms with Gasteiger partial charge in [0.2, 0.25) is 5.88 Å². The van der Waals surface area contributed by atoms with Crippen molar-refractivity contribution in [2.24, 2.45) is 10.7 Å². The Morgan fingerprint density at radius 1 is 1.27 bits per heavy atom. The van der Waals surface area contributed by atoms with Crippen LogP contribution in [0.25, 0.3) is 0 Å². The summed E-state index contributed by atoms with van der Waals surface area (Å²) in [5.41, 5.74) is 2.31. The standard InChI is InChI=1S/C19H15F7N4O3/c20-8-18(5-14(19(24,25)26)32-17(27)30-18)10-3-9(1-2-11(10)21)4-13(31)12-6-29-15(7-28-12)33-16(22)23/h1-3,6-7,14,16H,4-5,8H2,(H2,27,30)/t14-,18+/m0/s1. The predicted molar refractivity (Wildman–Crippen MR) is 97.9 cm³/mol. The lowest BCUT2D eigenvalue weighted by Gasteiger charge is -2.36. The second kappa shape index (κ2) is 9.19. The largest absolute Gasteiger partial charge is 0.452 e. The van der Waals surface area contributed by atoms with E-state index in [9.17, 15) is 35.5 Å². The van der Waals surface area contributed by atoms with Crippen molar-refractivity contribution in [2.45, 2.75) is 37.3 Å². The molecule has 2 atom stereocenters. The molecule has 0 spiro atoms. The lowest BCUT2D eigenvalue weighted by molar-refractivity contribution is -0.209. The van der Waals surface area contributed by atoms with E-state index in [1.165, 1.54) is 0 Å². The molecule has 0 unspecified atom stereocenters. The number of ether oxygens (including phenoxy) is 2. The van der Waals surface area contributed by atoms with Crippen molar-refractivity contribution in [1.29, 1.82) is 0 Å². The molecule has 3 rings (SSSR count). The lowest BCUT2D eigenvalue weighted by atomic mass is 9.83. The van der Waals surface area contributed by atoms with E-state index >= 15 is 0 Å². The normalized spacial score (nSPS) is 20.8. The number of carbonyl (C=O) groups is 1. The first-order chi connectivity index (χ1) is 15.4. The molecule has 1 aliphatic rings. The van der Waals surface area contributed by atoms with Crippen LogP contribution >= 0.6 is 0 Å². The molecule has 33 heavy (non-hydrogen) atoms. The molecular formula is C19H15F7N4O3. The van der Waals surface area contributed by atoms with Gasteiger partial charge in [0, 0.05) is 18.4 Å². The molecule has 0 saturated heterocycles. The van der Waals surface area contributed by atoms with Crippen molar-refractivity contribution >= 4 is 11.8 Å². The minimum atomic E-state index is -4.91. The Morgan fingerprint density at radius 3 is 2.58 bits per heavy atom. The molecule has 0 amide bonds. The van der Waals surface area contributed by atoms with Gasteiger partial charge in [-0.05, 0) is 17.7 Å². The first-order valence-corrected chi connectivity index (χ1v) is 9.17. The number of carbonyl (C=O) groups excluding carboxylic acids is 1. The number of ketones is 1. The van der Waals surface area contributed by atoms with Crippen molar-refractivity contribution < 1.29 is 45.0 Å². The fourth-order valence-corrected chi connectivity index (χ4v) is 3.21. The van der Waals surface area contributed by atoms with Gasteiger partial charge in [0.05, 0.1) is 12.4 Å². The van der Waals surface area contributed by atoms with Crippen LogP contribution in [0.1, 0.15) is 28.0 Å². The number of amidine groups is 1. The highest BCUT2D eigenvalue weighted by molar-refractivity contribution is 5.95. The van der Waals surface area contributed by atoms with Crippen LogP contribution in [0.4, 0.5) is 30.7 Å². The predicted octanol–water partition coefficient (Wildman–Crippen LogP) is 3.47. The molecule has 2 heterocycles. The molecule has 1 aliphatic heterocycles. The zero-order valence-corrected chi connectivity index (χ0v) is 16.5. The fraction of sp³-hybridized carbons (Fsp3) is 0.368. The molecule has 0 aliphatic carbocycles. The molecule has 1 aromatic heterocycles. The summed E-state index contributed by atoms with van der Waals surface area (Å²) in [5, 5.41) is 0. The van der Waals surface area contributed by atoms with Gasteiger partial charge >= 0.3 is 12.8 Å². The first kappa shape index (κ1) is 24.2. The molecule has 1 aromatic carbocycles. The average molecular weight is 480 g/mol. The van der Waals surface area contributed by atoms with Gasteiger partial charge in [0.15, 0.2) is 11.9 Å². The van der Waals surface area contributed by atoms with E-state index in [2.05, 4.69) is 24.4 Å². The van der Waals surface area contributed by atoms with Crippen LogP contribution in [0.3, 0.4) is 0 Å². The number of benzene rings is 1. The number of hydrogen-bond acceptors (Lipinski definition) is 7. The second-order valence-electron chi connectivity index (χ2n) is 7.00. The minimum absolute atomic E-state index is 0.0998. The summed E-state index contributed by atoms with van der Waals surface area (Å²) in [6, 6.07) is 2.07. The number of rotatable bonds is 7. The van der Waals surface area contributed by atoms with E-state index in [-0.39, 0.29) is 11.3 Å². The van der Waals surface area contributed by atoms with E-state index < -0.39 is 73.0 Å². The SMILES string of the molecule is NC1=N[C@](CF)(c2cc(CC(=O)c3cnc(OC(F)F)cn3)ccc2F)C[C@@H](C(F)(F)F)O1. The van der Waals surface area contributed by atoms with Gasteiger partial charge in [-0.15, -0.1) is 0 Å². The minimum Gasteiger partial charge on any atom is -0.452 e. The molecule has 7 nitrogen and oxygen atoms in total. The molecule has 178 valence electrons. The highest BCUT2D eigenvalue weighted by Gasteiger charge is 2.52. The van der Waals surface area contributed by atoms with Crippen LogP contribution in [0.5, 0.6) is 5.88 Å². The second-order valence-corrected chi connectivity index (χ2v) is 7.00. The molecule has 0 bridgehead atoms. The van der Waals surface area contributed by atoms with Gasteiger partial charge in [-0.25, -0.2) is 23.7 Å². The third-order valence-corrected chi connectivity index (χ3v) is 4.72. The summed E-state index contributed by atoms with van der Waals surface area (Å²) in [6.45, 7) is -4.66. The fourth-order valence-electron chi connectivity index (χ4n) is 3.21. The van der Waals surface area contributed by atoms with Gasteiger partial charge < -0.3 is 15.2 Å². The number of alkyl halides is 6. The molecule has 2 N–H and O–H groups in total. The number of hydrogen-bond donors (Lipinski definition) is 1.